The third-order valence-electron chi connectivity index (χ3n) is 7.52. The third kappa shape index (κ3) is 92.2. The van der Waals surface area contributed by atoms with Crippen LogP contribution in [0.25, 0.3) is 0 Å². The second-order valence-electron chi connectivity index (χ2n) is 13.6. The van der Waals surface area contributed by atoms with Crippen LogP contribution >= 0.6 is 0 Å². The van der Waals surface area contributed by atoms with Crippen molar-refractivity contribution >= 4 is 5.97 Å². The van der Waals surface area contributed by atoms with Gasteiger partial charge in [-0.1, -0.05) is 122 Å². The second-order valence-corrected chi connectivity index (χ2v) is 13.6. The zero-order valence-corrected chi connectivity index (χ0v) is 36.5. The highest BCUT2D eigenvalue weighted by Gasteiger charge is 1.99. The van der Waals surface area contributed by atoms with E-state index in [1.807, 2.05) is 0 Å². The fourth-order valence-electron chi connectivity index (χ4n) is 3.70. The van der Waals surface area contributed by atoms with Crippen LogP contribution in [-0.2, 0) is 4.79 Å². The second kappa shape index (κ2) is 69.4. The molecule has 0 aliphatic heterocycles. The molecule has 0 radical (unpaired) electrons. The van der Waals surface area contributed by atoms with Crippen molar-refractivity contribution in [2.45, 2.75) is 172 Å². The van der Waals surface area contributed by atoms with Crippen LogP contribution in [0.5, 0.6) is 0 Å². The molecule has 20 heteroatoms. The summed E-state index contributed by atoms with van der Waals surface area (Å²) in [6.45, 7) is -2.09. The molecule has 0 amide bonds. The standard InChI is InChI=1S/C22H44O2.6C3H8O3/c1-2-3-4-5-6-7-8-9-10-11-12-13-14-15-16-17-18-19-20-21-22(23)24;6*4-1-3(6)2-5/h2-21H2,1H3,(H,23,24);6*3-6H,1-2H2. The van der Waals surface area contributed by atoms with E-state index in [2.05, 4.69) is 6.92 Å². The maximum absolute atomic E-state index is 10.4. The predicted octanol–water partition coefficient (Wildman–Crippen LogP) is -2.12. The van der Waals surface area contributed by atoms with Crippen molar-refractivity contribution < 1.29 is 102 Å². The number of aliphatic hydroxyl groups excluding tert-OH is 18. The predicted molar refractivity (Wildman–Crippen MR) is 227 cm³/mol. The largest absolute Gasteiger partial charge is 0.481 e. The number of unbranched alkanes of at least 4 members (excludes halogenated alkanes) is 18. The molecule has 0 aromatic carbocycles. The van der Waals surface area contributed by atoms with Gasteiger partial charge >= 0.3 is 5.97 Å². The molecule has 0 heterocycles. The molecule has 0 saturated carbocycles. The smallest absolute Gasteiger partial charge is 0.303 e. The lowest BCUT2D eigenvalue weighted by atomic mass is 10.0. The number of hydrogen-bond acceptors (Lipinski definition) is 19. The summed E-state index contributed by atoms with van der Waals surface area (Å²) in [5.41, 5.74) is 0. The Morgan fingerprint density at radius 2 is 0.417 bits per heavy atom. The van der Waals surface area contributed by atoms with E-state index in [4.69, 9.17) is 97.0 Å². The molecular formula is C40H92O20. The van der Waals surface area contributed by atoms with E-state index in [9.17, 15) is 4.79 Å². The van der Waals surface area contributed by atoms with E-state index < -0.39 is 42.6 Å². The summed E-state index contributed by atoms with van der Waals surface area (Å²) < 4.78 is 0. The number of carboxylic acids is 1. The molecule has 0 aromatic rings. The molecule has 0 unspecified atom stereocenters. The molecule has 0 aliphatic rings. The van der Waals surface area contributed by atoms with Crippen LogP contribution in [0, 0.1) is 0 Å². The SMILES string of the molecule is CCCCCCCCCCCCCCCCCCCCCC(=O)O.OCC(O)CO.OCC(O)CO.OCC(O)CO.OCC(O)CO.OCC(O)CO.OCC(O)CO. The van der Waals surface area contributed by atoms with E-state index >= 15 is 0 Å². The van der Waals surface area contributed by atoms with Crippen molar-refractivity contribution in [2.75, 3.05) is 79.3 Å². The van der Waals surface area contributed by atoms with Gasteiger partial charge in [0.2, 0.25) is 0 Å². The molecule has 20 nitrogen and oxygen atoms in total. The number of carbonyl (C=O) groups is 1. The third-order valence-corrected chi connectivity index (χ3v) is 7.52. The zero-order valence-electron chi connectivity index (χ0n) is 36.5. The lowest BCUT2D eigenvalue weighted by Gasteiger charge is -2.03. The van der Waals surface area contributed by atoms with E-state index in [-0.39, 0.29) is 79.3 Å². The molecule has 0 bridgehead atoms. The van der Waals surface area contributed by atoms with Crippen LogP contribution in [0.4, 0.5) is 0 Å². The summed E-state index contributed by atoms with van der Waals surface area (Å²) in [4.78, 5) is 10.4. The molecule has 372 valence electrons. The maximum atomic E-state index is 10.4. The van der Waals surface area contributed by atoms with Gasteiger partial charge in [0.05, 0.1) is 79.3 Å². The molecule has 0 spiro atoms. The molecular weight excluding hydrogens is 800 g/mol. The van der Waals surface area contributed by atoms with E-state index in [0.717, 1.165) is 12.8 Å². The van der Waals surface area contributed by atoms with Gasteiger partial charge in [-0.2, -0.15) is 0 Å². The molecule has 60 heavy (non-hydrogen) atoms. The first-order chi connectivity index (χ1) is 28.6. The zero-order chi connectivity index (χ0) is 47.7. The topological polar surface area (TPSA) is 401 Å². The molecule has 0 saturated heterocycles. The number of rotatable bonds is 32. The normalized spacial score (nSPS) is 10.4. The van der Waals surface area contributed by atoms with Gasteiger partial charge in [-0.15, -0.1) is 0 Å². The summed E-state index contributed by atoms with van der Waals surface area (Å²) in [6.07, 6.45) is 20.4. The summed E-state index contributed by atoms with van der Waals surface area (Å²) in [5.74, 6) is -0.651. The van der Waals surface area contributed by atoms with Crippen molar-refractivity contribution in [2.24, 2.45) is 0 Å². The van der Waals surface area contributed by atoms with Crippen LogP contribution < -0.4 is 0 Å². The van der Waals surface area contributed by atoms with E-state index in [1.165, 1.54) is 109 Å². The van der Waals surface area contributed by atoms with Crippen molar-refractivity contribution in [3.8, 4) is 0 Å². The van der Waals surface area contributed by atoms with Crippen LogP contribution in [0.1, 0.15) is 135 Å². The van der Waals surface area contributed by atoms with Gasteiger partial charge in [-0.3, -0.25) is 4.79 Å². The minimum Gasteiger partial charge on any atom is -0.481 e. The summed E-state index contributed by atoms with van der Waals surface area (Å²) >= 11 is 0. The van der Waals surface area contributed by atoms with Crippen molar-refractivity contribution in [3.63, 3.8) is 0 Å². The Labute approximate surface area is 358 Å². The van der Waals surface area contributed by atoms with Gasteiger partial charge in [0.25, 0.3) is 0 Å². The highest BCUT2D eigenvalue weighted by Crippen LogP contribution is 2.14. The van der Waals surface area contributed by atoms with Crippen molar-refractivity contribution in [3.05, 3.63) is 0 Å². The Morgan fingerprint density at radius 1 is 0.283 bits per heavy atom. The van der Waals surface area contributed by atoms with E-state index in [0.29, 0.717) is 6.42 Å². The quantitative estimate of drug-likeness (QED) is 0.0321. The maximum Gasteiger partial charge on any atom is 0.303 e. The molecule has 0 rings (SSSR count). The highest BCUT2D eigenvalue weighted by molar-refractivity contribution is 5.66. The van der Waals surface area contributed by atoms with Gasteiger partial charge < -0.3 is 97.0 Å². The van der Waals surface area contributed by atoms with E-state index in [1.54, 1.807) is 0 Å². The number of carboxylic acid groups (broad SMARTS) is 1. The average molecular weight is 893 g/mol. The molecule has 19 N–H and O–H groups in total. The summed E-state index contributed by atoms with van der Waals surface area (Å²) in [5, 5.41) is 153. The van der Waals surface area contributed by atoms with Crippen molar-refractivity contribution in [1.82, 2.24) is 0 Å². The first kappa shape index (κ1) is 73.2. The first-order valence-corrected chi connectivity index (χ1v) is 21.2. The monoisotopic (exact) mass is 893 g/mol. The van der Waals surface area contributed by atoms with Crippen molar-refractivity contribution in [1.29, 1.82) is 0 Å². The fourth-order valence-corrected chi connectivity index (χ4v) is 3.70. The minimum absolute atomic E-state index is 0.346. The Morgan fingerprint density at radius 3 is 0.517 bits per heavy atom. The van der Waals surface area contributed by atoms with Gasteiger partial charge in [0.1, 0.15) is 36.6 Å². The Kier molecular flexibility index (Phi) is 84.7. The van der Waals surface area contributed by atoms with Gasteiger partial charge in [0, 0.05) is 6.42 Å². The molecule has 0 fully saturated rings. The molecule has 0 aliphatic carbocycles. The first-order valence-electron chi connectivity index (χ1n) is 21.2. The van der Waals surface area contributed by atoms with Crippen LogP contribution in [0.2, 0.25) is 0 Å². The molecule has 0 aromatic heterocycles. The molecule has 0 atom stereocenters. The minimum atomic E-state index is -0.954. The fraction of sp³-hybridized carbons (Fsp3) is 0.975. The van der Waals surface area contributed by atoms with Crippen LogP contribution in [0.3, 0.4) is 0 Å². The van der Waals surface area contributed by atoms with Gasteiger partial charge in [-0.05, 0) is 6.42 Å². The number of aliphatic carboxylic acids is 1. The number of hydrogen-bond donors (Lipinski definition) is 19. The number of aliphatic hydroxyl groups is 18. The highest BCUT2D eigenvalue weighted by atomic mass is 16.4. The lowest BCUT2D eigenvalue weighted by molar-refractivity contribution is -0.137. The van der Waals surface area contributed by atoms with Crippen LogP contribution in [-0.4, -0.2) is 219 Å². The van der Waals surface area contributed by atoms with Gasteiger partial charge in [-0.25, -0.2) is 0 Å². The Bertz CT molecular complexity index is 600. The Balaban J connectivity index is -0.000000127. The Hall–Kier alpha value is -1.25. The lowest BCUT2D eigenvalue weighted by Crippen LogP contribution is -2.15. The summed E-state index contributed by atoms with van der Waals surface area (Å²) in [6, 6.07) is 0. The van der Waals surface area contributed by atoms with Crippen LogP contribution in [0.15, 0.2) is 0 Å². The average Bonchev–Trinajstić information content (AvgIpc) is 3.28. The van der Waals surface area contributed by atoms with Gasteiger partial charge in [0.15, 0.2) is 0 Å². The summed E-state index contributed by atoms with van der Waals surface area (Å²) in [7, 11) is 0.